The minimum atomic E-state index is 0.0722. The number of ether oxygens (including phenoxy) is 1. The fourth-order valence-corrected chi connectivity index (χ4v) is 1.83. The third-order valence-electron chi connectivity index (χ3n) is 2.93. The fraction of sp³-hybridized carbons (Fsp3) is 0.562. The maximum atomic E-state index is 11.7. The number of nitrogens with zero attached hydrogens (tertiary/aromatic N) is 1. The first kappa shape index (κ1) is 17.3. The zero-order chi connectivity index (χ0) is 15.7. The Morgan fingerprint density at radius 1 is 1.43 bits per heavy atom. The number of carbonyl (C=O) groups excluding carboxylic acids is 1. The molecule has 0 bridgehead atoms. The van der Waals surface area contributed by atoms with Crippen molar-refractivity contribution in [1.82, 2.24) is 10.2 Å². The zero-order valence-corrected chi connectivity index (χ0v) is 13.3. The summed E-state index contributed by atoms with van der Waals surface area (Å²) in [7, 11) is 1.94. The first-order chi connectivity index (χ1) is 9.97. The van der Waals surface area contributed by atoms with E-state index in [0.717, 1.165) is 25.3 Å². The van der Waals surface area contributed by atoms with E-state index in [4.69, 9.17) is 10.5 Å². The van der Waals surface area contributed by atoms with Gasteiger partial charge < -0.3 is 15.8 Å². The van der Waals surface area contributed by atoms with E-state index >= 15 is 0 Å². The van der Waals surface area contributed by atoms with Crippen LogP contribution in [-0.2, 0) is 4.79 Å². The molecule has 5 nitrogen and oxygen atoms in total. The number of nitrogens with two attached hydrogens (primary N) is 1. The number of benzene rings is 1. The summed E-state index contributed by atoms with van der Waals surface area (Å²) in [5, 5.41) is 2.91. The van der Waals surface area contributed by atoms with E-state index in [2.05, 4.69) is 19.2 Å². The normalized spacial score (nSPS) is 10.9. The summed E-state index contributed by atoms with van der Waals surface area (Å²) in [5.74, 6) is 1.33. The maximum absolute atomic E-state index is 11.7. The van der Waals surface area contributed by atoms with Gasteiger partial charge in [0.1, 0.15) is 5.75 Å². The van der Waals surface area contributed by atoms with Gasteiger partial charge in [0, 0.05) is 24.8 Å². The smallest absolute Gasteiger partial charge is 0.234 e. The highest BCUT2D eigenvalue weighted by atomic mass is 16.5. The fourth-order valence-electron chi connectivity index (χ4n) is 1.83. The molecule has 5 heteroatoms. The minimum absolute atomic E-state index is 0.0722. The Kier molecular flexibility index (Phi) is 7.61. The lowest BCUT2D eigenvalue weighted by Gasteiger charge is -2.17. The first-order valence-electron chi connectivity index (χ1n) is 7.41. The van der Waals surface area contributed by atoms with Gasteiger partial charge in [-0.25, -0.2) is 0 Å². The summed E-state index contributed by atoms with van der Waals surface area (Å²) in [6.07, 6.45) is 0.864. The van der Waals surface area contributed by atoms with Gasteiger partial charge in [-0.3, -0.25) is 9.69 Å². The van der Waals surface area contributed by atoms with Crippen LogP contribution in [0.2, 0.25) is 0 Å². The molecular weight excluding hydrogens is 266 g/mol. The number of hydrogen-bond donors (Lipinski definition) is 2. The van der Waals surface area contributed by atoms with Crippen molar-refractivity contribution in [3.05, 3.63) is 24.3 Å². The summed E-state index contributed by atoms with van der Waals surface area (Å²) >= 11 is 0. The summed E-state index contributed by atoms with van der Waals surface area (Å²) in [6, 6.07) is 7.40. The molecule has 0 atom stereocenters. The average Bonchev–Trinajstić information content (AvgIpc) is 2.41. The molecule has 118 valence electrons. The first-order valence-corrected chi connectivity index (χ1v) is 7.41. The molecule has 3 N–H and O–H groups in total. The highest BCUT2D eigenvalue weighted by molar-refractivity contribution is 5.77. The van der Waals surface area contributed by atoms with Crippen LogP contribution >= 0.6 is 0 Å². The summed E-state index contributed by atoms with van der Waals surface area (Å²) < 4.78 is 5.61. The SMILES string of the molecule is CC(C)CNC(=O)CN(C)CCCOc1cccc(N)c1. The second kappa shape index (κ2) is 9.23. The lowest BCUT2D eigenvalue weighted by atomic mass is 10.2. The highest BCUT2D eigenvalue weighted by Gasteiger charge is 2.06. The molecule has 0 aliphatic carbocycles. The quantitative estimate of drug-likeness (QED) is 0.537. The molecule has 0 radical (unpaired) electrons. The standard InChI is InChI=1S/C16H27N3O2/c1-13(2)11-18-16(20)12-19(3)8-5-9-21-15-7-4-6-14(17)10-15/h4,6-7,10,13H,5,8-9,11-12,17H2,1-3H3,(H,18,20). The molecule has 0 aromatic heterocycles. The molecule has 1 rings (SSSR count). The summed E-state index contributed by atoms with van der Waals surface area (Å²) in [4.78, 5) is 13.7. The number of nitrogen functional groups attached to an aromatic ring is 1. The van der Waals surface area contributed by atoms with Crippen LogP contribution in [0, 0.1) is 5.92 Å². The molecule has 0 fully saturated rings. The lowest BCUT2D eigenvalue weighted by molar-refractivity contribution is -0.122. The molecule has 0 saturated heterocycles. The van der Waals surface area contributed by atoms with Gasteiger partial charge in [-0.15, -0.1) is 0 Å². The molecule has 0 unspecified atom stereocenters. The second-order valence-corrected chi connectivity index (χ2v) is 5.71. The van der Waals surface area contributed by atoms with Crippen molar-refractivity contribution in [3.63, 3.8) is 0 Å². The molecule has 0 aliphatic rings. The number of carbonyl (C=O) groups is 1. The van der Waals surface area contributed by atoms with Crippen molar-refractivity contribution < 1.29 is 9.53 Å². The largest absolute Gasteiger partial charge is 0.493 e. The predicted molar refractivity (Wildman–Crippen MR) is 86.3 cm³/mol. The average molecular weight is 293 g/mol. The van der Waals surface area contributed by atoms with E-state index in [-0.39, 0.29) is 5.91 Å². The van der Waals surface area contributed by atoms with E-state index in [1.807, 2.05) is 36.2 Å². The minimum Gasteiger partial charge on any atom is -0.493 e. The molecule has 0 aliphatic heterocycles. The Morgan fingerprint density at radius 2 is 2.19 bits per heavy atom. The maximum Gasteiger partial charge on any atom is 0.234 e. The van der Waals surface area contributed by atoms with Crippen molar-refractivity contribution in [3.8, 4) is 5.75 Å². The van der Waals surface area contributed by atoms with Gasteiger partial charge in [-0.1, -0.05) is 19.9 Å². The predicted octanol–water partition coefficient (Wildman–Crippen LogP) is 1.74. The molecule has 0 spiro atoms. The van der Waals surface area contributed by atoms with Crippen LogP contribution in [0.5, 0.6) is 5.75 Å². The van der Waals surface area contributed by atoms with E-state index < -0.39 is 0 Å². The van der Waals surface area contributed by atoms with Gasteiger partial charge in [0.15, 0.2) is 0 Å². The van der Waals surface area contributed by atoms with E-state index in [0.29, 0.717) is 24.8 Å². The van der Waals surface area contributed by atoms with Crippen molar-refractivity contribution in [1.29, 1.82) is 0 Å². The lowest BCUT2D eigenvalue weighted by Crippen LogP contribution is -2.37. The molecule has 1 amide bonds. The van der Waals surface area contributed by atoms with Crippen LogP contribution < -0.4 is 15.8 Å². The van der Waals surface area contributed by atoms with E-state index in [9.17, 15) is 4.79 Å². The number of nitrogens with one attached hydrogen (secondary N) is 1. The number of anilines is 1. The number of amides is 1. The Labute approximate surface area is 127 Å². The van der Waals surface area contributed by atoms with Gasteiger partial charge in [0.25, 0.3) is 0 Å². The van der Waals surface area contributed by atoms with Gasteiger partial charge >= 0.3 is 0 Å². The third kappa shape index (κ3) is 8.19. The Bertz CT molecular complexity index is 435. The highest BCUT2D eigenvalue weighted by Crippen LogP contribution is 2.14. The second-order valence-electron chi connectivity index (χ2n) is 5.71. The van der Waals surface area contributed by atoms with Crippen molar-refractivity contribution >= 4 is 11.6 Å². The van der Waals surface area contributed by atoms with Crippen LogP contribution in [0.25, 0.3) is 0 Å². The van der Waals surface area contributed by atoms with Crippen molar-refractivity contribution in [2.24, 2.45) is 5.92 Å². The zero-order valence-electron chi connectivity index (χ0n) is 13.3. The van der Waals surface area contributed by atoms with E-state index in [1.54, 1.807) is 0 Å². The summed E-state index contributed by atoms with van der Waals surface area (Å²) in [5.41, 5.74) is 6.38. The van der Waals surface area contributed by atoms with Crippen LogP contribution in [-0.4, -0.2) is 44.1 Å². The molecule has 21 heavy (non-hydrogen) atoms. The molecule has 0 heterocycles. The number of hydrogen-bond acceptors (Lipinski definition) is 4. The van der Waals surface area contributed by atoms with E-state index in [1.165, 1.54) is 0 Å². The van der Waals surface area contributed by atoms with Gasteiger partial charge in [-0.05, 0) is 31.5 Å². The van der Waals surface area contributed by atoms with Crippen molar-refractivity contribution in [2.75, 3.05) is 39.0 Å². The topological polar surface area (TPSA) is 67.6 Å². The van der Waals surface area contributed by atoms with Crippen LogP contribution in [0.1, 0.15) is 20.3 Å². The number of likely N-dealkylation sites (N-methyl/N-ethyl adjacent to an activating group) is 1. The monoisotopic (exact) mass is 293 g/mol. The van der Waals surface area contributed by atoms with Gasteiger partial charge in [0.05, 0.1) is 13.2 Å². The Morgan fingerprint density at radius 3 is 2.86 bits per heavy atom. The Balaban J connectivity index is 2.13. The van der Waals surface area contributed by atoms with Gasteiger partial charge in [-0.2, -0.15) is 0 Å². The molecule has 1 aromatic carbocycles. The summed E-state index contributed by atoms with van der Waals surface area (Å²) in [6.45, 7) is 6.74. The number of rotatable bonds is 9. The van der Waals surface area contributed by atoms with Crippen LogP contribution in [0.4, 0.5) is 5.69 Å². The molecule has 0 saturated carbocycles. The van der Waals surface area contributed by atoms with Gasteiger partial charge in [0.2, 0.25) is 5.91 Å². The Hall–Kier alpha value is -1.75. The third-order valence-corrected chi connectivity index (χ3v) is 2.93. The molecular formula is C16H27N3O2. The molecule has 1 aromatic rings. The van der Waals surface area contributed by atoms with Crippen molar-refractivity contribution in [2.45, 2.75) is 20.3 Å². The van der Waals surface area contributed by atoms with Crippen LogP contribution in [0.3, 0.4) is 0 Å². The van der Waals surface area contributed by atoms with Crippen LogP contribution in [0.15, 0.2) is 24.3 Å².